The molecule has 0 radical (unpaired) electrons. The van der Waals surface area contributed by atoms with Crippen LogP contribution in [0.3, 0.4) is 0 Å². The average molecular weight is 392 g/mol. The van der Waals surface area contributed by atoms with Crippen molar-refractivity contribution in [2.45, 2.75) is 26.2 Å². The molecule has 1 aliphatic heterocycles. The van der Waals surface area contributed by atoms with E-state index in [2.05, 4.69) is 71.4 Å². The topological polar surface area (TPSA) is 35.6 Å². The molecule has 1 amide bonds. The summed E-state index contributed by atoms with van der Waals surface area (Å²) in [6, 6.07) is 18.6. The zero-order valence-corrected chi connectivity index (χ0v) is 17.7. The van der Waals surface area contributed by atoms with Crippen molar-refractivity contribution in [3.63, 3.8) is 0 Å². The maximum absolute atomic E-state index is 12.6. The van der Waals surface area contributed by atoms with Crippen molar-refractivity contribution in [3.05, 3.63) is 71.8 Å². The molecule has 0 unspecified atom stereocenters. The molecule has 154 valence electrons. The summed E-state index contributed by atoms with van der Waals surface area (Å²) in [4.78, 5) is 17.3. The van der Waals surface area contributed by atoms with E-state index in [-0.39, 0.29) is 5.91 Å². The molecular weight excluding hydrogens is 358 g/mol. The third kappa shape index (κ3) is 6.55. The van der Waals surface area contributed by atoms with Crippen molar-refractivity contribution >= 4 is 17.7 Å². The molecule has 4 heteroatoms. The van der Waals surface area contributed by atoms with Gasteiger partial charge in [0.25, 0.3) is 0 Å². The quantitative estimate of drug-likeness (QED) is 0.721. The van der Waals surface area contributed by atoms with Crippen molar-refractivity contribution in [2.75, 3.05) is 44.6 Å². The Balaban J connectivity index is 1.43. The van der Waals surface area contributed by atoms with Crippen LogP contribution in [0.15, 0.2) is 60.7 Å². The first-order valence-electron chi connectivity index (χ1n) is 10.7. The van der Waals surface area contributed by atoms with Gasteiger partial charge in [-0.1, -0.05) is 74.5 Å². The van der Waals surface area contributed by atoms with E-state index in [1.165, 1.54) is 11.1 Å². The van der Waals surface area contributed by atoms with E-state index >= 15 is 0 Å². The number of carbonyl (C=O) groups excluding carboxylic acids is 1. The standard InChI is InChI=1S/C25H33N3O/c1-3-21(2)23-13-7-8-14-24(23)26-25(29)20-28-18-16-27(17-19-28)15-9-12-22-10-5-4-6-11-22/h4-14,21H,3,15-20H2,1-2H3,(H,26,29)/b12-9+/t21-/m0/s1. The minimum Gasteiger partial charge on any atom is -0.325 e. The Morgan fingerprint density at radius 2 is 1.66 bits per heavy atom. The van der Waals surface area contributed by atoms with Gasteiger partial charge in [0.15, 0.2) is 0 Å². The number of para-hydroxylation sites is 1. The van der Waals surface area contributed by atoms with Crippen molar-refractivity contribution in [1.82, 2.24) is 9.80 Å². The van der Waals surface area contributed by atoms with Gasteiger partial charge in [-0.15, -0.1) is 0 Å². The summed E-state index contributed by atoms with van der Waals surface area (Å²) >= 11 is 0. The van der Waals surface area contributed by atoms with Gasteiger partial charge in [0.2, 0.25) is 5.91 Å². The average Bonchev–Trinajstić information content (AvgIpc) is 2.75. The lowest BCUT2D eigenvalue weighted by atomic mass is 9.97. The van der Waals surface area contributed by atoms with Crippen LogP contribution in [-0.4, -0.2) is 55.0 Å². The van der Waals surface area contributed by atoms with Crippen LogP contribution in [0.4, 0.5) is 5.69 Å². The van der Waals surface area contributed by atoms with Crippen molar-refractivity contribution in [1.29, 1.82) is 0 Å². The summed E-state index contributed by atoms with van der Waals surface area (Å²) in [5.41, 5.74) is 3.41. The highest BCUT2D eigenvalue weighted by molar-refractivity contribution is 5.93. The molecule has 0 spiro atoms. The SMILES string of the molecule is CC[C@H](C)c1ccccc1NC(=O)CN1CCN(C/C=C/c2ccccc2)CC1. The van der Waals surface area contributed by atoms with Gasteiger partial charge in [-0.05, 0) is 29.5 Å². The van der Waals surface area contributed by atoms with Gasteiger partial charge in [0.05, 0.1) is 6.54 Å². The van der Waals surface area contributed by atoms with Crippen molar-refractivity contribution in [3.8, 4) is 0 Å². The first kappa shape index (κ1) is 21.3. The van der Waals surface area contributed by atoms with Gasteiger partial charge >= 0.3 is 0 Å². The molecule has 1 saturated heterocycles. The second-order valence-corrected chi connectivity index (χ2v) is 7.83. The summed E-state index contributed by atoms with van der Waals surface area (Å²) < 4.78 is 0. The first-order valence-corrected chi connectivity index (χ1v) is 10.7. The largest absolute Gasteiger partial charge is 0.325 e. The van der Waals surface area contributed by atoms with Gasteiger partial charge in [0.1, 0.15) is 0 Å². The van der Waals surface area contributed by atoms with E-state index in [4.69, 9.17) is 0 Å². The monoisotopic (exact) mass is 391 g/mol. The zero-order valence-electron chi connectivity index (χ0n) is 17.7. The molecule has 1 aliphatic rings. The highest BCUT2D eigenvalue weighted by Gasteiger charge is 2.19. The highest BCUT2D eigenvalue weighted by atomic mass is 16.2. The molecule has 2 aromatic carbocycles. The van der Waals surface area contributed by atoms with Crippen LogP contribution in [0.1, 0.15) is 37.3 Å². The summed E-state index contributed by atoms with van der Waals surface area (Å²) in [7, 11) is 0. The molecule has 1 N–H and O–H groups in total. The minimum atomic E-state index is 0.0816. The zero-order chi connectivity index (χ0) is 20.5. The third-order valence-electron chi connectivity index (χ3n) is 5.68. The van der Waals surface area contributed by atoms with Crippen molar-refractivity contribution < 1.29 is 4.79 Å². The molecule has 3 rings (SSSR count). The summed E-state index contributed by atoms with van der Waals surface area (Å²) in [5.74, 6) is 0.525. The Morgan fingerprint density at radius 1 is 1.00 bits per heavy atom. The summed E-state index contributed by atoms with van der Waals surface area (Å²) in [6.07, 6.45) is 5.46. The van der Waals surface area contributed by atoms with E-state index in [0.29, 0.717) is 12.5 Å². The van der Waals surface area contributed by atoms with Gasteiger partial charge in [-0.2, -0.15) is 0 Å². The van der Waals surface area contributed by atoms with Crippen LogP contribution in [0.2, 0.25) is 0 Å². The van der Waals surface area contributed by atoms with Gasteiger partial charge < -0.3 is 5.32 Å². The number of rotatable bonds is 8. The fraction of sp³-hybridized carbons (Fsp3) is 0.400. The van der Waals surface area contributed by atoms with E-state index in [1.807, 2.05) is 24.3 Å². The van der Waals surface area contributed by atoms with Gasteiger partial charge in [-0.25, -0.2) is 0 Å². The summed E-state index contributed by atoms with van der Waals surface area (Å²) in [5, 5.41) is 3.13. The second-order valence-electron chi connectivity index (χ2n) is 7.83. The van der Waals surface area contributed by atoms with E-state index in [0.717, 1.165) is 44.8 Å². The minimum absolute atomic E-state index is 0.0816. The van der Waals surface area contributed by atoms with E-state index in [9.17, 15) is 4.79 Å². The number of amides is 1. The number of hydrogen-bond donors (Lipinski definition) is 1. The van der Waals surface area contributed by atoms with Crippen LogP contribution in [0.25, 0.3) is 6.08 Å². The van der Waals surface area contributed by atoms with E-state index in [1.54, 1.807) is 0 Å². The van der Waals surface area contributed by atoms with Crippen LogP contribution < -0.4 is 5.32 Å². The number of nitrogens with one attached hydrogen (secondary N) is 1. The lowest BCUT2D eigenvalue weighted by Crippen LogP contribution is -2.48. The molecule has 0 aliphatic carbocycles. The first-order chi connectivity index (χ1) is 14.2. The highest BCUT2D eigenvalue weighted by Crippen LogP contribution is 2.26. The number of benzene rings is 2. The fourth-order valence-electron chi connectivity index (χ4n) is 3.69. The lowest BCUT2D eigenvalue weighted by Gasteiger charge is -2.33. The Morgan fingerprint density at radius 3 is 2.38 bits per heavy atom. The molecule has 1 atom stereocenters. The number of carbonyl (C=O) groups is 1. The molecule has 1 fully saturated rings. The predicted molar refractivity (Wildman–Crippen MR) is 122 cm³/mol. The van der Waals surface area contributed by atoms with Crippen LogP contribution in [-0.2, 0) is 4.79 Å². The third-order valence-corrected chi connectivity index (χ3v) is 5.68. The summed E-state index contributed by atoms with van der Waals surface area (Å²) in [6.45, 7) is 9.65. The number of piperazine rings is 1. The number of nitrogens with zero attached hydrogens (tertiary/aromatic N) is 2. The second kappa shape index (κ2) is 10.9. The normalized spacial score (nSPS) is 16.8. The van der Waals surface area contributed by atoms with E-state index < -0.39 is 0 Å². The van der Waals surface area contributed by atoms with Crippen molar-refractivity contribution in [2.24, 2.45) is 0 Å². The number of hydrogen-bond acceptors (Lipinski definition) is 3. The van der Waals surface area contributed by atoms with Gasteiger partial charge in [0, 0.05) is 38.4 Å². The Kier molecular flexibility index (Phi) is 8.03. The Bertz CT molecular complexity index is 795. The lowest BCUT2D eigenvalue weighted by molar-refractivity contribution is -0.117. The molecule has 2 aromatic rings. The molecule has 0 saturated carbocycles. The Hall–Kier alpha value is -2.43. The van der Waals surface area contributed by atoms with Crippen LogP contribution in [0, 0.1) is 0 Å². The predicted octanol–water partition coefficient (Wildman–Crippen LogP) is 4.47. The Labute approximate surface area is 175 Å². The fourth-order valence-corrected chi connectivity index (χ4v) is 3.69. The smallest absolute Gasteiger partial charge is 0.238 e. The van der Waals surface area contributed by atoms with Crippen LogP contribution >= 0.6 is 0 Å². The molecule has 0 aromatic heterocycles. The molecule has 0 bridgehead atoms. The maximum Gasteiger partial charge on any atom is 0.238 e. The maximum atomic E-state index is 12.6. The molecule has 1 heterocycles. The molecule has 29 heavy (non-hydrogen) atoms. The molecule has 4 nitrogen and oxygen atoms in total. The molecular formula is C25H33N3O. The van der Waals surface area contributed by atoms with Crippen LogP contribution in [0.5, 0.6) is 0 Å². The van der Waals surface area contributed by atoms with Gasteiger partial charge in [-0.3, -0.25) is 14.6 Å². The number of anilines is 1.